The second-order valence-electron chi connectivity index (χ2n) is 4.57. The highest BCUT2D eigenvalue weighted by Crippen LogP contribution is 2.46. The predicted molar refractivity (Wildman–Crippen MR) is 62.4 cm³/mol. The minimum absolute atomic E-state index is 0.0706. The number of aromatic nitrogens is 4. The Balaban J connectivity index is 1.93. The number of carbonyl (C=O) groups is 1. The lowest BCUT2D eigenvalue weighted by Crippen LogP contribution is -2.05. The molecular weight excluding hydrogens is 232 g/mol. The van der Waals surface area contributed by atoms with Crippen LogP contribution in [0.15, 0.2) is 24.3 Å². The first-order valence-corrected chi connectivity index (χ1v) is 5.75. The van der Waals surface area contributed by atoms with Crippen LogP contribution in [0.5, 0.6) is 0 Å². The number of aryl methyl sites for hydroxylation is 1. The Labute approximate surface area is 103 Å². The van der Waals surface area contributed by atoms with Crippen molar-refractivity contribution < 1.29 is 9.90 Å². The van der Waals surface area contributed by atoms with Gasteiger partial charge in [0.1, 0.15) is 0 Å². The molecule has 0 aliphatic heterocycles. The largest absolute Gasteiger partial charge is 0.481 e. The lowest BCUT2D eigenvalue weighted by atomic mass is 10.2. The van der Waals surface area contributed by atoms with Crippen molar-refractivity contribution in [1.82, 2.24) is 20.2 Å². The maximum atomic E-state index is 10.9. The van der Waals surface area contributed by atoms with Crippen LogP contribution in [-0.4, -0.2) is 31.3 Å². The maximum absolute atomic E-state index is 10.9. The summed E-state index contributed by atoms with van der Waals surface area (Å²) in [6.45, 7) is 2.01. The van der Waals surface area contributed by atoms with E-state index in [-0.39, 0.29) is 11.8 Å². The molecule has 1 fully saturated rings. The Kier molecular flexibility index (Phi) is 2.36. The maximum Gasteiger partial charge on any atom is 0.307 e. The van der Waals surface area contributed by atoms with Crippen LogP contribution in [0.3, 0.4) is 0 Å². The van der Waals surface area contributed by atoms with Gasteiger partial charge in [0.25, 0.3) is 0 Å². The van der Waals surface area contributed by atoms with Crippen LogP contribution in [0.2, 0.25) is 0 Å². The third-order valence-electron chi connectivity index (χ3n) is 3.21. The van der Waals surface area contributed by atoms with Crippen LogP contribution < -0.4 is 0 Å². The lowest BCUT2D eigenvalue weighted by Gasteiger charge is -2.03. The summed E-state index contributed by atoms with van der Waals surface area (Å²) in [5, 5.41) is 20.5. The van der Waals surface area contributed by atoms with E-state index < -0.39 is 5.97 Å². The molecule has 92 valence electrons. The summed E-state index contributed by atoms with van der Waals surface area (Å²) in [6, 6.07) is 7.80. The first kappa shape index (κ1) is 10.9. The quantitative estimate of drug-likeness (QED) is 0.876. The van der Waals surface area contributed by atoms with E-state index in [4.69, 9.17) is 5.11 Å². The molecule has 1 saturated carbocycles. The number of rotatable bonds is 3. The van der Waals surface area contributed by atoms with Crippen molar-refractivity contribution in [2.24, 2.45) is 5.92 Å². The van der Waals surface area contributed by atoms with Crippen molar-refractivity contribution in [2.45, 2.75) is 19.3 Å². The molecule has 1 aliphatic rings. The molecule has 0 spiro atoms. The number of tetrazole rings is 1. The molecule has 0 saturated heterocycles. The number of nitrogens with zero attached hydrogens (tertiary/aromatic N) is 4. The Morgan fingerprint density at radius 3 is 2.72 bits per heavy atom. The van der Waals surface area contributed by atoms with Crippen LogP contribution in [-0.2, 0) is 4.79 Å². The fourth-order valence-electron chi connectivity index (χ4n) is 2.05. The monoisotopic (exact) mass is 244 g/mol. The molecule has 2 atom stereocenters. The van der Waals surface area contributed by atoms with E-state index >= 15 is 0 Å². The minimum atomic E-state index is -0.779. The standard InChI is InChI=1S/C12H12N4O2/c1-7-2-4-8(5-3-7)16-11(13-14-15-16)9-6-10(9)12(17)18/h2-5,9-10H,6H2,1H3,(H,17,18). The summed E-state index contributed by atoms with van der Waals surface area (Å²) in [5.41, 5.74) is 2.01. The number of benzene rings is 1. The summed E-state index contributed by atoms with van der Waals surface area (Å²) in [5.74, 6) is -0.566. The first-order valence-electron chi connectivity index (χ1n) is 5.75. The molecule has 1 aliphatic carbocycles. The highest BCUT2D eigenvalue weighted by Gasteiger charge is 2.47. The Hall–Kier alpha value is -2.24. The molecule has 1 heterocycles. The van der Waals surface area contributed by atoms with E-state index in [1.54, 1.807) is 4.68 Å². The van der Waals surface area contributed by atoms with Crippen LogP contribution in [0.1, 0.15) is 23.7 Å². The van der Waals surface area contributed by atoms with Gasteiger partial charge in [-0.1, -0.05) is 17.7 Å². The zero-order valence-corrected chi connectivity index (χ0v) is 9.82. The molecule has 6 heteroatoms. The summed E-state index contributed by atoms with van der Waals surface area (Å²) < 4.78 is 1.62. The number of hydrogen-bond acceptors (Lipinski definition) is 4. The molecule has 6 nitrogen and oxygen atoms in total. The van der Waals surface area contributed by atoms with Gasteiger partial charge in [0.15, 0.2) is 5.82 Å². The topological polar surface area (TPSA) is 80.9 Å². The zero-order chi connectivity index (χ0) is 12.7. The van der Waals surface area contributed by atoms with Crippen molar-refractivity contribution in [1.29, 1.82) is 0 Å². The van der Waals surface area contributed by atoms with Crippen LogP contribution >= 0.6 is 0 Å². The Bertz CT molecular complexity index is 590. The zero-order valence-electron chi connectivity index (χ0n) is 9.82. The number of carboxylic acids is 1. The average Bonchev–Trinajstić information content (AvgIpc) is 3.01. The van der Waals surface area contributed by atoms with Crippen molar-refractivity contribution in [3.63, 3.8) is 0 Å². The van der Waals surface area contributed by atoms with Crippen molar-refractivity contribution in [3.05, 3.63) is 35.7 Å². The summed E-state index contributed by atoms with van der Waals surface area (Å²) in [4.78, 5) is 10.9. The van der Waals surface area contributed by atoms with Gasteiger partial charge in [-0.2, -0.15) is 4.68 Å². The van der Waals surface area contributed by atoms with E-state index in [2.05, 4.69) is 15.5 Å². The minimum Gasteiger partial charge on any atom is -0.481 e. The SMILES string of the molecule is Cc1ccc(-n2nnnc2C2CC2C(=O)O)cc1. The second-order valence-corrected chi connectivity index (χ2v) is 4.57. The normalized spacial score (nSPS) is 21.8. The fourth-order valence-corrected chi connectivity index (χ4v) is 2.05. The van der Waals surface area contributed by atoms with Crippen LogP contribution in [0.4, 0.5) is 0 Å². The second kappa shape index (κ2) is 3.90. The van der Waals surface area contributed by atoms with Gasteiger partial charge in [0.05, 0.1) is 11.6 Å². The van der Waals surface area contributed by atoms with Gasteiger partial charge in [-0.3, -0.25) is 4.79 Å². The number of aliphatic carboxylic acids is 1. The molecule has 1 aromatic carbocycles. The van der Waals surface area contributed by atoms with Gasteiger partial charge in [0, 0.05) is 5.92 Å². The molecule has 0 bridgehead atoms. The molecule has 3 rings (SSSR count). The summed E-state index contributed by atoms with van der Waals surface area (Å²) >= 11 is 0. The van der Waals surface area contributed by atoms with Crippen molar-refractivity contribution in [3.8, 4) is 5.69 Å². The van der Waals surface area contributed by atoms with Gasteiger partial charge < -0.3 is 5.11 Å². The molecule has 1 N–H and O–H groups in total. The Morgan fingerprint density at radius 1 is 1.39 bits per heavy atom. The molecule has 2 aromatic rings. The van der Waals surface area contributed by atoms with E-state index in [1.807, 2.05) is 31.2 Å². The van der Waals surface area contributed by atoms with E-state index in [1.165, 1.54) is 0 Å². The van der Waals surface area contributed by atoms with Gasteiger partial charge in [0.2, 0.25) is 0 Å². The molecule has 1 aromatic heterocycles. The van der Waals surface area contributed by atoms with E-state index in [0.29, 0.717) is 12.2 Å². The van der Waals surface area contributed by atoms with Crippen LogP contribution in [0, 0.1) is 12.8 Å². The highest BCUT2D eigenvalue weighted by atomic mass is 16.4. The molecule has 18 heavy (non-hydrogen) atoms. The van der Waals surface area contributed by atoms with Crippen molar-refractivity contribution >= 4 is 5.97 Å². The fraction of sp³-hybridized carbons (Fsp3) is 0.333. The molecule has 2 unspecified atom stereocenters. The first-order chi connectivity index (χ1) is 8.66. The average molecular weight is 244 g/mol. The van der Waals surface area contributed by atoms with Gasteiger partial charge >= 0.3 is 5.97 Å². The van der Waals surface area contributed by atoms with Gasteiger partial charge in [-0.15, -0.1) is 5.10 Å². The molecular formula is C12H12N4O2. The van der Waals surface area contributed by atoms with E-state index in [9.17, 15) is 4.79 Å². The summed E-state index contributed by atoms with van der Waals surface area (Å²) in [6.07, 6.45) is 0.613. The Morgan fingerprint density at radius 2 is 2.11 bits per heavy atom. The smallest absolute Gasteiger partial charge is 0.307 e. The van der Waals surface area contributed by atoms with E-state index in [0.717, 1.165) is 11.3 Å². The predicted octanol–water partition coefficient (Wildman–Crippen LogP) is 1.16. The summed E-state index contributed by atoms with van der Waals surface area (Å²) in [7, 11) is 0. The molecule has 0 amide bonds. The van der Waals surface area contributed by atoms with Gasteiger partial charge in [-0.05, 0) is 35.9 Å². The number of carboxylic acid groups (broad SMARTS) is 1. The van der Waals surface area contributed by atoms with Gasteiger partial charge in [-0.25, -0.2) is 0 Å². The third-order valence-corrected chi connectivity index (χ3v) is 3.21. The van der Waals surface area contributed by atoms with Crippen molar-refractivity contribution in [2.75, 3.05) is 0 Å². The third kappa shape index (κ3) is 1.75. The number of hydrogen-bond donors (Lipinski definition) is 1. The molecule has 0 radical (unpaired) electrons. The lowest BCUT2D eigenvalue weighted by molar-refractivity contribution is -0.138. The highest BCUT2D eigenvalue weighted by molar-refractivity contribution is 5.74. The van der Waals surface area contributed by atoms with Crippen LogP contribution in [0.25, 0.3) is 5.69 Å².